The summed E-state index contributed by atoms with van der Waals surface area (Å²) in [4.78, 5) is 0. The van der Waals surface area contributed by atoms with E-state index in [2.05, 4.69) is 20.7 Å². The number of hydrogen-bond donors (Lipinski definition) is 0. The zero-order valence-electron chi connectivity index (χ0n) is 6.62. The molecule has 0 unspecified atom stereocenters. The minimum Gasteiger partial charge on any atom is -0.491 e. The van der Waals surface area contributed by atoms with Crippen molar-refractivity contribution in [2.45, 2.75) is 6.92 Å². The van der Waals surface area contributed by atoms with Gasteiger partial charge < -0.3 is 4.74 Å². The molecule has 1 aromatic carbocycles. The smallest absolute Gasteiger partial charge is 0.191 e. The quantitative estimate of drug-likeness (QED) is 0.682. The number of ether oxygens (including phenoxy) is 1. The highest BCUT2D eigenvalue weighted by molar-refractivity contribution is 9.10. The second-order valence-electron chi connectivity index (χ2n) is 2.34. The van der Waals surface area contributed by atoms with Crippen molar-refractivity contribution in [2.24, 2.45) is 0 Å². The van der Waals surface area contributed by atoms with Crippen molar-refractivity contribution in [3.8, 4) is 5.75 Å². The van der Waals surface area contributed by atoms with Crippen molar-refractivity contribution in [2.75, 3.05) is 7.11 Å². The molecule has 0 aliphatic carbocycles. The first kappa shape index (κ1) is 9.45. The number of rotatable bonds is 1. The maximum atomic E-state index is 13.1. The average molecular weight is 237 g/mol. The van der Waals surface area contributed by atoms with Gasteiger partial charge in [-0.25, -0.2) is 8.78 Å². The minimum atomic E-state index is -0.708. The fourth-order valence-corrected chi connectivity index (χ4v) is 1.40. The van der Waals surface area contributed by atoms with Gasteiger partial charge in [-0.1, -0.05) is 0 Å². The fourth-order valence-electron chi connectivity index (χ4n) is 0.880. The van der Waals surface area contributed by atoms with Gasteiger partial charge in [0.25, 0.3) is 0 Å². The molecule has 0 fully saturated rings. The highest BCUT2D eigenvalue weighted by Crippen LogP contribution is 2.30. The van der Waals surface area contributed by atoms with Crippen LogP contribution in [0.3, 0.4) is 0 Å². The molecule has 4 heteroatoms. The third-order valence-electron chi connectivity index (χ3n) is 1.50. The van der Waals surface area contributed by atoms with Crippen LogP contribution >= 0.6 is 15.9 Å². The molecule has 0 aliphatic rings. The Bertz CT molecular complexity index is 286. The lowest BCUT2D eigenvalue weighted by atomic mass is 10.2. The summed E-state index contributed by atoms with van der Waals surface area (Å²) in [5.41, 5.74) is 0.347. The summed E-state index contributed by atoms with van der Waals surface area (Å²) in [6.07, 6.45) is 0. The Kier molecular flexibility index (Phi) is 2.67. The highest BCUT2D eigenvalue weighted by atomic mass is 79.9. The van der Waals surface area contributed by atoms with Gasteiger partial charge in [-0.05, 0) is 34.5 Å². The number of benzene rings is 1. The second-order valence-corrected chi connectivity index (χ2v) is 3.19. The van der Waals surface area contributed by atoms with Crippen LogP contribution < -0.4 is 4.74 Å². The van der Waals surface area contributed by atoms with Crippen LogP contribution in [0.5, 0.6) is 5.75 Å². The summed E-state index contributed by atoms with van der Waals surface area (Å²) >= 11 is 2.95. The van der Waals surface area contributed by atoms with E-state index >= 15 is 0 Å². The Hall–Kier alpha value is -0.640. The first-order valence-corrected chi connectivity index (χ1v) is 4.05. The Morgan fingerprint density at radius 2 is 1.92 bits per heavy atom. The van der Waals surface area contributed by atoms with E-state index in [1.54, 1.807) is 6.92 Å². The molecule has 0 heterocycles. The molecular weight excluding hydrogens is 230 g/mol. The van der Waals surface area contributed by atoms with E-state index in [4.69, 9.17) is 0 Å². The van der Waals surface area contributed by atoms with Crippen molar-refractivity contribution in [3.05, 3.63) is 27.7 Å². The molecule has 1 nitrogen and oxygen atoms in total. The summed E-state index contributed by atoms with van der Waals surface area (Å²) in [6, 6.07) is 1.37. The lowest BCUT2D eigenvalue weighted by Gasteiger charge is -2.06. The molecule has 0 aliphatic heterocycles. The van der Waals surface area contributed by atoms with Crippen LogP contribution in [0.25, 0.3) is 0 Å². The Balaban J connectivity index is 3.42. The normalized spacial score (nSPS) is 10.1. The van der Waals surface area contributed by atoms with Gasteiger partial charge in [0.2, 0.25) is 0 Å². The van der Waals surface area contributed by atoms with E-state index in [0.29, 0.717) is 5.56 Å². The summed E-state index contributed by atoms with van der Waals surface area (Å²) in [7, 11) is 1.23. The van der Waals surface area contributed by atoms with Gasteiger partial charge in [0.05, 0.1) is 11.6 Å². The molecule has 1 aromatic rings. The van der Waals surface area contributed by atoms with Gasteiger partial charge in [-0.2, -0.15) is 0 Å². The van der Waals surface area contributed by atoms with Gasteiger partial charge >= 0.3 is 0 Å². The first-order valence-electron chi connectivity index (χ1n) is 3.26. The summed E-state index contributed by atoms with van der Waals surface area (Å²) in [6.45, 7) is 1.54. The van der Waals surface area contributed by atoms with Crippen LogP contribution in [0.2, 0.25) is 0 Å². The second kappa shape index (κ2) is 3.39. The van der Waals surface area contributed by atoms with Gasteiger partial charge in [0.15, 0.2) is 17.4 Å². The molecule has 66 valence electrons. The number of halogens is 3. The topological polar surface area (TPSA) is 9.23 Å². The molecule has 0 aromatic heterocycles. The van der Waals surface area contributed by atoms with E-state index < -0.39 is 11.6 Å². The zero-order chi connectivity index (χ0) is 9.30. The number of methoxy groups -OCH3 is 1. The minimum absolute atomic E-state index is 0.207. The molecule has 0 amide bonds. The van der Waals surface area contributed by atoms with E-state index in [9.17, 15) is 8.78 Å². The number of aryl methyl sites for hydroxylation is 1. The third-order valence-corrected chi connectivity index (χ3v) is 2.08. The van der Waals surface area contributed by atoms with E-state index in [1.165, 1.54) is 13.2 Å². The first-order chi connectivity index (χ1) is 5.57. The van der Waals surface area contributed by atoms with Crippen molar-refractivity contribution in [3.63, 3.8) is 0 Å². The fraction of sp³-hybridized carbons (Fsp3) is 0.250. The molecule has 12 heavy (non-hydrogen) atoms. The van der Waals surface area contributed by atoms with Gasteiger partial charge in [0.1, 0.15) is 0 Å². The van der Waals surface area contributed by atoms with Crippen LogP contribution in [0.15, 0.2) is 10.5 Å². The average Bonchev–Trinajstić information content (AvgIpc) is 2.02. The monoisotopic (exact) mass is 236 g/mol. The standard InChI is InChI=1S/C8H7BrF2O/c1-4-3-5(9)7(11)8(12-2)6(4)10/h3H,1-2H3. The maximum absolute atomic E-state index is 13.1. The van der Waals surface area contributed by atoms with E-state index in [1.807, 2.05) is 0 Å². The van der Waals surface area contributed by atoms with Gasteiger partial charge in [-0.15, -0.1) is 0 Å². The Morgan fingerprint density at radius 1 is 1.33 bits per heavy atom. The lowest BCUT2D eigenvalue weighted by Crippen LogP contribution is -1.96. The van der Waals surface area contributed by atoms with Crippen molar-refractivity contribution < 1.29 is 13.5 Å². The summed E-state index contributed by atoms with van der Waals surface area (Å²) < 4.78 is 30.9. The molecule has 0 saturated heterocycles. The predicted octanol–water partition coefficient (Wildman–Crippen LogP) is 3.04. The maximum Gasteiger partial charge on any atom is 0.191 e. The van der Waals surface area contributed by atoms with E-state index in [0.717, 1.165) is 0 Å². The summed E-state index contributed by atoms with van der Waals surface area (Å²) in [5, 5.41) is 0. The molecule has 1 rings (SSSR count). The van der Waals surface area contributed by atoms with Crippen LogP contribution in [0.1, 0.15) is 5.56 Å². The third kappa shape index (κ3) is 1.43. The van der Waals surface area contributed by atoms with Crippen LogP contribution in [-0.2, 0) is 0 Å². The molecule has 0 spiro atoms. The largest absolute Gasteiger partial charge is 0.491 e. The van der Waals surface area contributed by atoms with Crippen molar-refractivity contribution in [1.82, 2.24) is 0 Å². The molecule has 0 saturated carbocycles. The van der Waals surface area contributed by atoms with Crippen LogP contribution in [0.4, 0.5) is 8.78 Å². The van der Waals surface area contributed by atoms with Crippen molar-refractivity contribution >= 4 is 15.9 Å². The predicted molar refractivity (Wildman–Crippen MR) is 45.3 cm³/mol. The van der Waals surface area contributed by atoms with Gasteiger partial charge in [0, 0.05) is 0 Å². The summed E-state index contributed by atoms with van der Waals surface area (Å²) in [5.74, 6) is -1.71. The Labute approximate surface area is 77.5 Å². The highest BCUT2D eigenvalue weighted by Gasteiger charge is 2.15. The molecule has 0 bridgehead atoms. The van der Waals surface area contributed by atoms with Crippen molar-refractivity contribution in [1.29, 1.82) is 0 Å². The zero-order valence-corrected chi connectivity index (χ0v) is 8.21. The molecule has 0 atom stereocenters. The molecular formula is C8H7BrF2O. The van der Waals surface area contributed by atoms with Crippen LogP contribution in [0, 0.1) is 18.6 Å². The van der Waals surface area contributed by atoms with Gasteiger partial charge in [-0.3, -0.25) is 0 Å². The molecule has 0 radical (unpaired) electrons. The van der Waals surface area contributed by atoms with Crippen LogP contribution in [-0.4, -0.2) is 7.11 Å². The lowest BCUT2D eigenvalue weighted by molar-refractivity contribution is 0.357. The molecule has 0 N–H and O–H groups in total. The van der Waals surface area contributed by atoms with E-state index in [-0.39, 0.29) is 10.2 Å². The Morgan fingerprint density at radius 3 is 2.42 bits per heavy atom. The SMILES string of the molecule is COc1c(F)c(C)cc(Br)c1F. The number of hydrogen-bond acceptors (Lipinski definition) is 1.